The minimum atomic E-state index is -0.939. The number of amides is 2. The molecule has 2 heterocycles. The standard InChI is InChI=1S/C21H20N2O4/c24-19-10-15(12-22(19)11-14-6-2-1-3-7-14)20(25)23-13-17(21(26)27)16-8-4-5-9-18(16)23/h1-9,15,17H,10-13H2,(H,26,27). The molecule has 4 rings (SSSR count). The van der Waals surface area contributed by atoms with Gasteiger partial charge < -0.3 is 14.9 Å². The van der Waals surface area contributed by atoms with Gasteiger partial charge in [0.25, 0.3) is 0 Å². The predicted octanol–water partition coefficient (Wildman–Crippen LogP) is 2.25. The number of likely N-dealkylation sites (tertiary alicyclic amines) is 1. The van der Waals surface area contributed by atoms with Crippen molar-refractivity contribution < 1.29 is 19.5 Å². The Bertz CT molecular complexity index is 896. The zero-order valence-electron chi connectivity index (χ0n) is 14.7. The first kappa shape index (κ1) is 17.3. The average Bonchev–Trinajstić information content (AvgIpc) is 3.23. The van der Waals surface area contributed by atoms with Gasteiger partial charge in [0.1, 0.15) is 5.92 Å². The van der Waals surface area contributed by atoms with E-state index in [0.29, 0.717) is 24.3 Å². The van der Waals surface area contributed by atoms with Crippen LogP contribution >= 0.6 is 0 Å². The molecule has 2 aliphatic rings. The lowest BCUT2D eigenvalue weighted by atomic mass is 10.0. The minimum absolute atomic E-state index is 0.0422. The Morgan fingerprint density at radius 3 is 2.44 bits per heavy atom. The minimum Gasteiger partial charge on any atom is -0.481 e. The Morgan fingerprint density at radius 1 is 1.00 bits per heavy atom. The van der Waals surface area contributed by atoms with Crippen molar-refractivity contribution in [2.24, 2.45) is 5.92 Å². The zero-order valence-corrected chi connectivity index (χ0v) is 14.7. The van der Waals surface area contributed by atoms with Crippen LogP contribution in [0, 0.1) is 5.92 Å². The van der Waals surface area contributed by atoms with Crippen molar-refractivity contribution in [3.05, 3.63) is 65.7 Å². The Morgan fingerprint density at radius 2 is 1.70 bits per heavy atom. The van der Waals surface area contributed by atoms with Crippen LogP contribution in [0.1, 0.15) is 23.5 Å². The van der Waals surface area contributed by atoms with Crippen molar-refractivity contribution in [3.63, 3.8) is 0 Å². The molecule has 27 heavy (non-hydrogen) atoms. The number of carboxylic acids is 1. The number of carbonyl (C=O) groups is 3. The number of nitrogens with zero attached hydrogens (tertiary/aromatic N) is 2. The van der Waals surface area contributed by atoms with E-state index in [1.807, 2.05) is 30.3 Å². The summed E-state index contributed by atoms with van der Waals surface area (Å²) in [6.07, 6.45) is 0.169. The van der Waals surface area contributed by atoms with Crippen LogP contribution in [-0.4, -0.2) is 40.9 Å². The van der Waals surface area contributed by atoms with E-state index in [-0.39, 0.29) is 24.8 Å². The van der Waals surface area contributed by atoms with E-state index in [4.69, 9.17) is 0 Å². The Hall–Kier alpha value is -3.15. The van der Waals surface area contributed by atoms with E-state index >= 15 is 0 Å². The van der Waals surface area contributed by atoms with Gasteiger partial charge >= 0.3 is 5.97 Å². The fourth-order valence-electron chi connectivity index (χ4n) is 3.94. The molecule has 2 aliphatic heterocycles. The Balaban J connectivity index is 1.51. The first-order valence-electron chi connectivity index (χ1n) is 8.99. The third kappa shape index (κ3) is 3.18. The average molecular weight is 364 g/mol. The Labute approximate surface area is 157 Å². The number of rotatable bonds is 4. The van der Waals surface area contributed by atoms with E-state index in [0.717, 1.165) is 5.56 Å². The lowest BCUT2D eigenvalue weighted by Crippen LogP contribution is -2.37. The summed E-state index contributed by atoms with van der Waals surface area (Å²) in [7, 11) is 0. The third-order valence-electron chi connectivity index (χ3n) is 5.31. The molecule has 6 heteroatoms. The second-order valence-corrected chi connectivity index (χ2v) is 7.06. The smallest absolute Gasteiger partial charge is 0.312 e. The number of fused-ring (bicyclic) bond motifs is 1. The number of aliphatic carboxylic acids is 1. The maximum atomic E-state index is 13.1. The van der Waals surface area contributed by atoms with Crippen molar-refractivity contribution in [2.45, 2.75) is 18.9 Å². The van der Waals surface area contributed by atoms with Gasteiger partial charge in [-0.15, -0.1) is 0 Å². The molecule has 2 aromatic rings. The largest absolute Gasteiger partial charge is 0.481 e. The lowest BCUT2D eigenvalue weighted by Gasteiger charge is -2.22. The molecule has 1 fully saturated rings. The molecule has 1 N–H and O–H groups in total. The quantitative estimate of drug-likeness (QED) is 0.903. The molecule has 2 atom stereocenters. The number of hydrogen-bond acceptors (Lipinski definition) is 3. The van der Waals surface area contributed by atoms with Crippen LogP contribution in [0.25, 0.3) is 0 Å². The number of anilines is 1. The first-order valence-corrected chi connectivity index (χ1v) is 8.99. The van der Waals surface area contributed by atoms with Gasteiger partial charge in [-0.3, -0.25) is 14.4 Å². The molecule has 1 saturated heterocycles. The SMILES string of the molecule is O=C(O)C1CN(C(=O)C2CC(=O)N(Cc3ccccc3)C2)c2ccccc21. The summed E-state index contributed by atoms with van der Waals surface area (Å²) in [5.74, 6) is -2.31. The number of carboxylic acid groups (broad SMARTS) is 1. The highest BCUT2D eigenvalue weighted by Gasteiger charge is 2.42. The van der Waals surface area contributed by atoms with E-state index in [9.17, 15) is 19.5 Å². The van der Waals surface area contributed by atoms with Crippen LogP contribution in [0.2, 0.25) is 0 Å². The molecule has 2 aromatic carbocycles. The highest BCUT2D eigenvalue weighted by atomic mass is 16.4. The number of para-hydroxylation sites is 1. The van der Waals surface area contributed by atoms with Crippen LogP contribution in [0.4, 0.5) is 5.69 Å². The monoisotopic (exact) mass is 364 g/mol. The fraction of sp³-hybridized carbons (Fsp3) is 0.286. The third-order valence-corrected chi connectivity index (χ3v) is 5.31. The number of hydrogen-bond donors (Lipinski definition) is 1. The van der Waals surface area contributed by atoms with Gasteiger partial charge in [-0.05, 0) is 17.2 Å². The molecular weight excluding hydrogens is 344 g/mol. The molecule has 0 saturated carbocycles. The van der Waals surface area contributed by atoms with Crippen LogP contribution in [0.3, 0.4) is 0 Å². The van der Waals surface area contributed by atoms with E-state index in [1.165, 1.54) is 4.90 Å². The molecule has 0 radical (unpaired) electrons. The molecule has 0 spiro atoms. The van der Waals surface area contributed by atoms with Crippen molar-refractivity contribution in [2.75, 3.05) is 18.0 Å². The van der Waals surface area contributed by atoms with Crippen molar-refractivity contribution in [1.82, 2.24) is 4.90 Å². The van der Waals surface area contributed by atoms with Gasteiger partial charge in [-0.25, -0.2) is 0 Å². The summed E-state index contributed by atoms with van der Waals surface area (Å²) >= 11 is 0. The Kier molecular flexibility index (Phi) is 4.39. The second kappa shape index (κ2) is 6.87. The summed E-state index contributed by atoms with van der Waals surface area (Å²) in [6.45, 7) is 0.970. The first-order chi connectivity index (χ1) is 13.0. The normalized spacial score (nSPS) is 21.4. The topological polar surface area (TPSA) is 77.9 Å². The molecule has 2 unspecified atom stereocenters. The van der Waals surface area contributed by atoms with Gasteiger partial charge in [0.05, 0.1) is 5.92 Å². The van der Waals surface area contributed by atoms with Crippen molar-refractivity contribution in [3.8, 4) is 0 Å². The van der Waals surface area contributed by atoms with E-state index in [1.54, 1.807) is 29.2 Å². The van der Waals surface area contributed by atoms with Gasteiger partial charge in [0.15, 0.2) is 0 Å². The van der Waals surface area contributed by atoms with Crippen molar-refractivity contribution >= 4 is 23.5 Å². The van der Waals surface area contributed by atoms with Gasteiger partial charge in [-0.1, -0.05) is 48.5 Å². The summed E-state index contributed by atoms with van der Waals surface area (Å²) in [5.41, 5.74) is 2.32. The second-order valence-electron chi connectivity index (χ2n) is 7.06. The fourth-order valence-corrected chi connectivity index (χ4v) is 3.94. The van der Waals surface area contributed by atoms with E-state index in [2.05, 4.69) is 0 Å². The maximum Gasteiger partial charge on any atom is 0.312 e. The number of benzene rings is 2. The molecule has 0 bridgehead atoms. The summed E-state index contributed by atoms with van der Waals surface area (Å²) in [4.78, 5) is 40.3. The maximum absolute atomic E-state index is 13.1. The highest BCUT2D eigenvalue weighted by molar-refractivity contribution is 6.02. The van der Waals surface area contributed by atoms with Crippen LogP contribution in [0.5, 0.6) is 0 Å². The van der Waals surface area contributed by atoms with Crippen LogP contribution < -0.4 is 4.90 Å². The molecule has 0 aliphatic carbocycles. The van der Waals surface area contributed by atoms with Gasteiger partial charge in [0, 0.05) is 31.7 Å². The molecule has 138 valence electrons. The molecule has 0 aromatic heterocycles. The molecule has 6 nitrogen and oxygen atoms in total. The number of carbonyl (C=O) groups excluding carboxylic acids is 2. The van der Waals surface area contributed by atoms with Gasteiger partial charge in [-0.2, -0.15) is 0 Å². The van der Waals surface area contributed by atoms with E-state index < -0.39 is 17.8 Å². The molecule has 2 amide bonds. The predicted molar refractivity (Wildman–Crippen MR) is 99.1 cm³/mol. The highest BCUT2D eigenvalue weighted by Crippen LogP contribution is 2.38. The summed E-state index contributed by atoms with van der Waals surface area (Å²) in [5, 5.41) is 9.47. The molecular formula is C21H20N2O4. The van der Waals surface area contributed by atoms with Crippen LogP contribution in [-0.2, 0) is 20.9 Å². The summed E-state index contributed by atoms with van der Waals surface area (Å²) in [6, 6.07) is 16.8. The van der Waals surface area contributed by atoms with Gasteiger partial charge in [0.2, 0.25) is 11.8 Å². The lowest BCUT2D eigenvalue weighted by molar-refractivity contribution is -0.138. The van der Waals surface area contributed by atoms with Crippen molar-refractivity contribution in [1.29, 1.82) is 0 Å². The summed E-state index contributed by atoms with van der Waals surface area (Å²) < 4.78 is 0. The zero-order chi connectivity index (χ0) is 19.0. The van der Waals surface area contributed by atoms with Crippen LogP contribution in [0.15, 0.2) is 54.6 Å².